The van der Waals surface area contributed by atoms with Gasteiger partial charge in [0.15, 0.2) is 0 Å². The fourth-order valence-corrected chi connectivity index (χ4v) is 0.853. The normalized spacial score (nSPS) is 12.1. The predicted molar refractivity (Wildman–Crippen MR) is 48.7 cm³/mol. The first-order valence-corrected chi connectivity index (χ1v) is 4.61. The van der Waals surface area contributed by atoms with Crippen molar-refractivity contribution >= 4 is 11.9 Å². The van der Waals surface area contributed by atoms with Crippen LogP contribution in [0, 0.1) is 5.92 Å². The Hall–Kier alpha value is -1.10. The lowest BCUT2D eigenvalue weighted by Gasteiger charge is -2.09. The maximum atomic E-state index is 10.9. The third-order valence-electron chi connectivity index (χ3n) is 1.83. The van der Waals surface area contributed by atoms with E-state index in [4.69, 9.17) is 14.9 Å². The van der Waals surface area contributed by atoms with E-state index in [0.29, 0.717) is 12.8 Å². The Morgan fingerprint density at radius 2 is 2.07 bits per heavy atom. The highest BCUT2D eigenvalue weighted by Crippen LogP contribution is 2.04. The zero-order valence-electron chi connectivity index (χ0n) is 8.23. The highest BCUT2D eigenvalue weighted by molar-refractivity contribution is 5.72. The minimum Gasteiger partial charge on any atom is -0.481 e. The average Bonchev–Trinajstić information content (AvgIpc) is 2.15. The Labute approximate surface area is 82.7 Å². The summed E-state index contributed by atoms with van der Waals surface area (Å²) in [5.74, 6) is -2.05. The smallest absolute Gasteiger partial charge is 0.309 e. The molecule has 0 aliphatic rings. The maximum Gasteiger partial charge on any atom is 0.309 e. The molecule has 0 spiro atoms. The van der Waals surface area contributed by atoms with Crippen LogP contribution in [0.25, 0.3) is 0 Å². The van der Waals surface area contributed by atoms with Crippen LogP contribution in [0.1, 0.15) is 26.2 Å². The topological polar surface area (TPSA) is 83.8 Å². The lowest BCUT2D eigenvalue weighted by molar-refractivity contribution is -0.151. The summed E-state index contributed by atoms with van der Waals surface area (Å²) in [5.41, 5.74) is 0. The minimum absolute atomic E-state index is 0.0642. The molecule has 0 saturated heterocycles. The van der Waals surface area contributed by atoms with E-state index in [-0.39, 0.29) is 19.6 Å². The fourth-order valence-electron chi connectivity index (χ4n) is 0.853. The lowest BCUT2D eigenvalue weighted by atomic mass is 10.1. The van der Waals surface area contributed by atoms with Crippen LogP contribution in [-0.2, 0) is 14.3 Å². The summed E-state index contributed by atoms with van der Waals surface area (Å²) in [5, 5.41) is 17.1. The third kappa shape index (κ3) is 5.53. The molecule has 2 N–H and O–H groups in total. The molecule has 0 aromatic heterocycles. The molecule has 0 saturated carbocycles. The van der Waals surface area contributed by atoms with Crippen LogP contribution in [0.5, 0.6) is 0 Å². The Bertz CT molecular complexity index is 190. The van der Waals surface area contributed by atoms with E-state index in [1.165, 1.54) is 0 Å². The van der Waals surface area contributed by atoms with Gasteiger partial charge in [0.25, 0.3) is 0 Å². The van der Waals surface area contributed by atoms with Crippen molar-refractivity contribution in [2.75, 3.05) is 13.2 Å². The standard InChI is InChI=1S/C9H16O5/c1-2-7(9(12)13)6-14-8(11)4-3-5-10/h7,10H,2-6H2,1H3,(H,12,13). The summed E-state index contributed by atoms with van der Waals surface area (Å²) in [7, 11) is 0. The van der Waals surface area contributed by atoms with Crippen molar-refractivity contribution in [2.24, 2.45) is 5.92 Å². The lowest BCUT2D eigenvalue weighted by Crippen LogP contribution is -2.21. The molecule has 0 fully saturated rings. The monoisotopic (exact) mass is 204 g/mol. The molecule has 5 nitrogen and oxygen atoms in total. The molecular weight excluding hydrogens is 188 g/mol. The highest BCUT2D eigenvalue weighted by atomic mass is 16.5. The van der Waals surface area contributed by atoms with Gasteiger partial charge in [0, 0.05) is 13.0 Å². The number of carbonyl (C=O) groups excluding carboxylic acids is 1. The molecule has 82 valence electrons. The molecule has 1 unspecified atom stereocenters. The minimum atomic E-state index is -0.956. The van der Waals surface area contributed by atoms with Gasteiger partial charge >= 0.3 is 11.9 Å². The second-order valence-corrected chi connectivity index (χ2v) is 2.95. The van der Waals surface area contributed by atoms with E-state index >= 15 is 0 Å². The van der Waals surface area contributed by atoms with E-state index in [1.54, 1.807) is 6.92 Å². The van der Waals surface area contributed by atoms with E-state index in [1.807, 2.05) is 0 Å². The molecule has 0 aliphatic heterocycles. The first-order chi connectivity index (χ1) is 6.61. The molecule has 0 amide bonds. The zero-order chi connectivity index (χ0) is 11.0. The van der Waals surface area contributed by atoms with E-state index in [0.717, 1.165) is 0 Å². The fraction of sp³-hybridized carbons (Fsp3) is 0.778. The molecule has 0 rings (SSSR count). The molecule has 0 radical (unpaired) electrons. The average molecular weight is 204 g/mol. The van der Waals surface area contributed by atoms with Gasteiger partial charge in [-0.1, -0.05) is 6.92 Å². The van der Waals surface area contributed by atoms with Crippen molar-refractivity contribution in [2.45, 2.75) is 26.2 Å². The summed E-state index contributed by atoms with van der Waals surface area (Å²) in [6, 6.07) is 0. The second kappa shape index (κ2) is 7.32. The third-order valence-corrected chi connectivity index (χ3v) is 1.83. The molecule has 0 aliphatic carbocycles. The molecule has 0 aromatic carbocycles. The van der Waals surface area contributed by atoms with E-state index in [9.17, 15) is 9.59 Å². The van der Waals surface area contributed by atoms with Crippen molar-refractivity contribution < 1.29 is 24.5 Å². The SMILES string of the molecule is CCC(COC(=O)CCCO)C(=O)O. The van der Waals surface area contributed by atoms with Crippen molar-refractivity contribution in [3.63, 3.8) is 0 Å². The molecule has 1 atom stereocenters. The number of ether oxygens (including phenoxy) is 1. The zero-order valence-corrected chi connectivity index (χ0v) is 8.23. The van der Waals surface area contributed by atoms with Crippen molar-refractivity contribution in [3.05, 3.63) is 0 Å². The Morgan fingerprint density at radius 1 is 1.43 bits per heavy atom. The van der Waals surface area contributed by atoms with Crippen LogP contribution in [0.15, 0.2) is 0 Å². The van der Waals surface area contributed by atoms with Gasteiger partial charge < -0.3 is 14.9 Å². The summed E-state index contributed by atoms with van der Waals surface area (Å²) >= 11 is 0. The molecule has 14 heavy (non-hydrogen) atoms. The first-order valence-electron chi connectivity index (χ1n) is 4.61. The Morgan fingerprint density at radius 3 is 2.50 bits per heavy atom. The van der Waals surface area contributed by atoms with E-state index < -0.39 is 17.9 Å². The number of aliphatic carboxylic acids is 1. The van der Waals surface area contributed by atoms with Crippen LogP contribution in [-0.4, -0.2) is 35.4 Å². The van der Waals surface area contributed by atoms with Gasteiger partial charge in [-0.3, -0.25) is 9.59 Å². The number of carboxylic acids is 1. The number of esters is 1. The van der Waals surface area contributed by atoms with Crippen molar-refractivity contribution in [1.29, 1.82) is 0 Å². The maximum absolute atomic E-state index is 10.9. The number of hydrogen-bond acceptors (Lipinski definition) is 4. The largest absolute Gasteiger partial charge is 0.481 e. The quantitative estimate of drug-likeness (QED) is 0.587. The van der Waals surface area contributed by atoms with Crippen LogP contribution in [0.3, 0.4) is 0 Å². The van der Waals surface area contributed by atoms with Crippen LogP contribution in [0.2, 0.25) is 0 Å². The number of carbonyl (C=O) groups is 2. The highest BCUT2D eigenvalue weighted by Gasteiger charge is 2.16. The number of aliphatic hydroxyl groups excluding tert-OH is 1. The van der Waals surface area contributed by atoms with Crippen molar-refractivity contribution in [1.82, 2.24) is 0 Å². The number of carboxylic acid groups (broad SMARTS) is 1. The Balaban J connectivity index is 3.68. The Kier molecular flexibility index (Phi) is 6.74. The summed E-state index contributed by atoms with van der Waals surface area (Å²) in [6.07, 6.45) is 0.915. The molecule has 0 bridgehead atoms. The van der Waals surface area contributed by atoms with Gasteiger partial charge in [0.1, 0.15) is 6.61 Å². The van der Waals surface area contributed by atoms with Crippen LogP contribution in [0.4, 0.5) is 0 Å². The van der Waals surface area contributed by atoms with Crippen LogP contribution >= 0.6 is 0 Å². The predicted octanol–water partition coefficient (Wildman–Crippen LogP) is 0.413. The molecule has 5 heteroatoms. The van der Waals surface area contributed by atoms with Gasteiger partial charge in [-0.05, 0) is 12.8 Å². The van der Waals surface area contributed by atoms with Gasteiger partial charge in [0.2, 0.25) is 0 Å². The number of rotatable bonds is 7. The van der Waals surface area contributed by atoms with E-state index in [2.05, 4.69) is 0 Å². The summed E-state index contributed by atoms with van der Waals surface area (Å²) in [6.45, 7) is 1.57. The number of hydrogen-bond donors (Lipinski definition) is 2. The first kappa shape index (κ1) is 12.9. The molecule has 0 aromatic rings. The van der Waals surface area contributed by atoms with Gasteiger partial charge in [-0.25, -0.2) is 0 Å². The summed E-state index contributed by atoms with van der Waals surface area (Å²) in [4.78, 5) is 21.4. The van der Waals surface area contributed by atoms with Crippen molar-refractivity contribution in [3.8, 4) is 0 Å². The summed E-state index contributed by atoms with van der Waals surface area (Å²) < 4.78 is 4.73. The number of aliphatic hydroxyl groups is 1. The van der Waals surface area contributed by atoms with Gasteiger partial charge in [-0.15, -0.1) is 0 Å². The van der Waals surface area contributed by atoms with Crippen LogP contribution < -0.4 is 0 Å². The second-order valence-electron chi connectivity index (χ2n) is 2.95. The molecule has 0 heterocycles. The molecular formula is C9H16O5. The van der Waals surface area contributed by atoms with Gasteiger partial charge in [0.05, 0.1) is 5.92 Å². The van der Waals surface area contributed by atoms with Gasteiger partial charge in [-0.2, -0.15) is 0 Å².